The fourth-order valence-electron chi connectivity index (χ4n) is 3.40. The maximum absolute atomic E-state index is 12.6. The molecule has 120 valence electrons. The first kappa shape index (κ1) is 17.6. The van der Waals surface area contributed by atoms with Gasteiger partial charge < -0.3 is 10.2 Å². The van der Waals surface area contributed by atoms with Gasteiger partial charge in [-0.2, -0.15) is 4.79 Å². The van der Waals surface area contributed by atoms with Crippen molar-refractivity contribution in [3.8, 4) is 0 Å². The van der Waals surface area contributed by atoms with Crippen molar-refractivity contribution in [1.82, 2.24) is 0 Å². The first-order chi connectivity index (χ1) is 9.44. The van der Waals surface area contributed by atoms with E-state index >= 15 is 0 Å². The number of ketones is 1. The Morgan fingerprint density at radius 1 is 1.33 bits per heavy atom. The van der Waals surface area contributed by atoms with Gasteiger partial charge in [0.15, 0.2) is 5.78 Å². The Hall–Kier alpha value is -1.43. The minimum atomic E-state index is -1.46. The van der Waals surface area contributed by atoms with Crippen molar-refractivity contribution < 1.29 is 29.1 Å². The summed E-state index contributed by atoms with van der Waals surface area (Å²) >= 11 is 0. The lowest BCUT2D eigenvalue weighted by Gasteiger charge is -2.43. The molecule has 6 heteroatoms. The molecule has 6 nitrogen and oxygen atoms in total. The van der Waals surface area contributed by atoms with Gasteiger partial charge in [0.2, 0.25) is 0 Å². The van der Waals surface area contributed by atoms with Crippen LogP contribution in [0.1, 0.15) is 47.5 Å². The van der Waals surface area contributed by atoms with Crippen molar-refractivity contribution in [3.05, 3.63) is 0 Å². The number of carboxylic acid groups (broad SMARTS) is 2. The van der Waals surface area contributed by atoms with Crippen molar-refractivity contribution in [2.45, 2.75) is 53.0 Å². The first-order valence-corrected chi connectivity index (χ1v) is 7.33. The molecule has 0 aromatic heterocycles. The van der Waals surface area contributed by atoms with Gasteiger partial charge in [-0.25, -0.2) is 4.48 Å². The summed E-state index contributed by atoms with van der Waals surface area (Å²) in [5.74, 6) is -2.08. The molecule has 0 spiro atoms. The Bertz CT molecular complexity index is 467. The standard InChI is InChI=1S/C15H25NO5/c1-6-15(12(18)19)7-8-16(13(20)21,14(3,4)5)9-10(2)11(15)17/h10H,6-9H2,1-5H3,(H-,18,19,20,21)/p+1. The Labute approximate surface area is 125 Å². The Morgan fingerprint density at radius 3 is 2.19 bits per heavy atom. The molecule has 0 bridgehead atoms. The topological polar surface area (TPSA) is 91.7 Å². The Kier molecular flexibility index (Phi) is 4.53. The summed E-state index contributed by atoms with van der Waals surface area (Å²) in [6.07, 6.45) is -0.750. The lowest BCUT2D eigenvalue weighted by Crippen LogP contribution is -2.64. The lowest BCUT2D eigenvalue weighted by molar-refractivity contribution is -0.905. The highest BCUT2D eigenvalue weighted by Crippen LogP contribution is 2.40. The highest BCUT2D eigenvalue weighted by Gasteiger charge is 2.58. The highest BCUT2D eigenvalue weighted by atomic mass is 16.4. The highest BCUT2D eigenvalue weighted by molar-refractivity contribution is 6.04. The Balaban J connectivity index is 3.41. The number of hydrogen-bond acceptors (Lipinski definition) is 3. The second-order valence-electron chi connectivity index (χ2n) is 7.08. The second kappa shape index (κ2) is 5.40. The number of hydrogen-bond donors (Lipinski definition) is 2. The molecule has 1 saturated heterocycles. The second-order valence-corrected chi connectivity index (χ2v) is 7.08. The third-order valence-corrected chi connectivity index (χ3v) is 5.09. The van der Waals surface area contributed by atoms with E-state index in [2.05, 4.69) is 0 Å². The number of rotatable bonds is 2. The largest absolute Gasteiger partial charge is 0.514 e. The van der Waals surface area contributed by atoms with Crippen LogP contribution in [-0.2, 0) is 9.59 Å². The summed E-state index contributed by atoms with van der Waals surface area (Å²) in [5.41, 5.74) is -2.07. The fourth-order valence-corrected chi connectivity index (χ4v) is 3.40. The summed E-state index contributed by atoms with van der Waals surface area (Å²) < 4.78 is -0.283. The minimum Gasteiger partial charge on any atom is -0.480 e. The monoisotopic (exact) mass is 300 g/mol. The molecule has 1 rings (SSSR count). The van der Waals surface area contributed by atoms with Crippen LogP contribution in [0.2, 0.25) is 0 Å². The number of aliphatic carboxylic acids is 1. The van der Waals surface area contributed by atoms with Crippen LogP contribution in [0.5, 0.6) is 0 Å². The molecule has 2 N–H and O–H groups in total. The fraction of sp³-hybridized carbons (Fsp3) is 0.800. The molecule has 1 aliphatic rings. The van der Waals surface area contributed by atoms with Gasteiger partial charge >= 0.3 is 12.1 Å². The van der Waals surface area contributed by atoms with Crippen LogP contribution >= 0.6 is 0 Å². The number of quaternary nitrogens is 1. The maximum Gasteiger partial charge on any atom is 0.514 e. The third-order valence-electron chi connectivity index (χ3n) is 5.09. The van der Waals surface area contributed by atoms with Crippen molar-refractivity contribution >= 4 is 17.8 Å². The molecule has 1 heterocycles. The molecule has 1 aliphatic heterocycles. The predicted molar refractivity (Wildman–Crippen MR) is 76.9 cm³/mol. The van der Waals surface area contributed by atoms with Gasteiger partial charge in [0.25, 0.3) is 0 Å². The molecular formula is C15H26NO5+. The first-order valence-electron chi connectivity index (χ1n) is 7.33. The zero-order valence-corrected chi connectivity index (χ0v) is 13.5. The van der Waals surface area contributed by atoms with E-state index in [9.17, 15) is 24.6 Å². The summed E-state index contributed by atoms with van der Waals surface area (Å²) in [4.78, 5) is 36.2. The summed E-state index contributed by atoms with van der Waals surface area (Å²) in [6, 6.07) is 0. The average molecular weight is 300 g/mol. The molecule has 21 heavy (non-hydrogen) atoms. The summed E-state index contributed by atoms with van der Waals surface area (Å²) in [7, 11) is 0. The summed E-state index contributed by atoms with van der Waals surface area (Å²) in [5, 5.41) is 19.3. The molecule has 0 saturated carbocycles. The van der Waals surface area contributed by atoms with E-state index in [1.807, 2.05) is 20.8 Å². The average Bonchev–Trinajstić information content (AvgIpc) is 2.46. The zero-order chi connectivity index (χ0) is 16.6. The van der Waals surface area contributed by atoms with Gasteiger partial charge in [0, 0.05) is 6.42 Å². The van der Waals surface area contributed by atoms with Crippen molar-refractivity contribution in [3.63, 3.8) is 0 Å². The van der Waals surface area contributed by atoms with Crippen LogP contribution < -0.4 is 0 Å². The summed E-state index contributed by atoms with van der Waals surface area (Å²) in [6.45, 7) is 9.05. The Morgan fingerprint density at radius 2 is 1.86 bits per heavy atom. The van der Waals surface area contributed by atoms with E-state index in [0.717, 1.165) is 0 Å². The molecule has 0 aliphatic carbocycles. The van der Waals surface area contributed by atoms with Gasteiger partial charge in [0.05, 0.1) is 19.0 Å². The van der Waals surface area contributed by atoms with Crippen LogP contribution in [0.3, 0.4) is 0 Å². The zero-order valence-electron chi connectivity index (χ0n) is 13.5. The van der Waals surface area contributed by atoms with Crippen LogP contribution in [0.15, 0.2) is 0 Å². The smallest absolute Gasteiger partial charge is 0.480 e. The van der Waals surface area contributed by atoms with E-state index in [1.54, 1.807) is 13.8 Å². The van der Waals surface area contributed by atoms with Crippen molar-refractivity contribution in [2.24, 2.45) is 11.3 Å². The molecule has 0 aromatic rings. The minimum absolute atomic E-state index is 0.0611. The number of carbonyl (C=O) groups excluding carboxylic acids is 1. The molecule has 0 radical (unpaired) electrons. The number of likely N-dealkylation sites (tertiary alicyclic amines) is 1. The van der Waals surface area contributed by atoms with E-state index in [1.165, 1.54) is 0 Å². The molecule has 1 amide bonds. The van der Waals surface area contributed by atoms with E-state index in [0.29, 0.717) is 0 Å². The van der Waals surface area contributed by atoms with E-state index in [4.69, 9.17) is 0 Å². The normalized spacial score (nSPS) is 34.3. The quantitative estimate of drug-likeness (QED) is 0.603. The molecule has 0 aromatic carbocycles. The van der Waals surface area contributed by atoms with Gasteiger partial charge in [-0.15, -0.1) is 0 Å². The van der Waals surface area contributed by atoms with Crippen LogP contribution in [0.25, 0.3) is 0 Å². The molecule has 3 atom stereocenters. The number of nitrogens with zero attached hydrogens (tertiary/aromatic N) is 1. The van der Waals surface area contributed by atoms with Crippen LogP contribution in [-0.4, -0.2) is 51.2 Å². The molecular weight excluding hydrogens is 274 g/mol. The van der Waals surface area contributed by atoms with Gasteiger partial charge in [-0.05, 0) is 27.2 Å². The number of Topliss-reactive ketones (excluding diaryl/α,β-unsaturated/α-hetero) is 1. The van der Waals surface area contributed by atoms with Gasteiger partial charge in [-0.3, -0.25) is 9.59 Å². The number of carbonyl (C=O) groups is 3. The van der Waals surface area contributed by atoms with Crippen molar-refractivity contribution in [1.29, 1.82) is 0 Å². The molecule has 1 fully saturated rings. The lowest BCUT2D eigenvalue weighted by atomic mass is 9.74. The van der Waals surface area contributed by atoms with E-state index in [-0.39, 0.29) is 36.2 Å². The van der Waals surface area contributed by atoms with Crippen LogP contribution in [0, 0.1) is 11.3 Å². The van der Waals surface area contributed by atoms with Crippen LogP contribution in [0.4, 0.5) is 4.79 Å². The maximum atomic E-state index is 12.6. The van der Waals surface area contributed by atoms with Gasteiger partial charge in [0.1, 0.15) is 11.0 Å². The molecule has 3 unspecified atom stereocenters. The van der Waals surface area contributed by atoms with Crippen molar-refractivity contribution in [2.75, 3.05) is 13.1 Å². The number of carboxylic acids is 1. The number of amides is 1. The SMILES string of the molecule is CCC1(C(=O)O)CC[N+](C(=O)O)(C(C)(C)C)CC(C)C1=O. The third kappa shape index (κ3) is 2.57. The van der Waals surface area contributed by atoms with E-state index < -0.39 is 28.9 Å². The van der Waals surface area contributed by atoms with Gasteiger partial charge in [-0.1, -0.05) is 13.8 Å². The predicted octanol–water partition coefficient (Wildman–Crippen LogP) is 2.37.